The van der Waals surface area contributed by atoms with E-state index in [4.69, 9.17) is 0 Å². The molecule has 2 N–H and O–H groups in total. The minimum Gasteiger partial charge on any atom is -0.355 e. The van der Waals surface area contributed by atoms with Crippen molar-refractivity contribution in [1.29, 1.82) is 0 Å². The summed E-state index contributed by atoms with van der Waals surface area (Å²) in [5.41, 5.74) is 2.91. The van der Waals surface area contributed by atoms with E-state index in [0.717, 1.165) is 11.1 Å². The zero-order valence-electron chi connectivity index (χ0n) is 18.2. The monoisotopic (exact) mass is 429 g/mol. The van der Waals surface area contributed by atoms with Gasteiger partial charge in [0.25, 0.3) is 11.8 Å². The molecular weight excluding hydrogens is 402 g/mol. The van der Waals surface area contributed by atoms with Crippen molar-refractivity contribution in [3.63, 3.8) is 0 Å². The zero-order valence-corrected chi connectivity index (χ0v) is 18.2. The molecule has 0 heterocycles. The third kappa shape index (κ3) is 6.04. The Hall–Kier alpha value is -3.93. The summed E-state index contributed by atoms with van der Waals surface area (Å²) < 4.78 is 0. The zero-order chi connectivity index (χ0) is 22.9. The Balaban J connectivity index is 1.74. The predicted octanol–water partition coefficient (Wildman–Crippen LogP) is 3.05. The summed E-state index contributed by atoms with van der Waals surface area (Å²) in [4.78, 5) is 39.3. The van der Waals surface area contributed by atoms with E-state index >= 15 is 0 Å². The summed E-state index contributed by atoms with van der Waals surface area (Å²) in [6.07, 6.45) is 0.387. The maximum Gasteiger partial charge on any atom is 0.251 e. The van der Waals surface area contributed by atoms with Crippen LogP contribution in [0.15, 0.2) is 84.9 Å². The Morgan fingerprint density at radius 3 is 1.91 bits per heavy atom. The van der Waals surface area contributed by atoms with Gasteiger partial charge in [-0.25, -0.2) is 0 Å². The number of carbonyl (C=O) groups is 3. The highest BCUT2D eigenvalue weighted by atomic mass is 16.2. The molecule has 3 amide bonds. The molecule has 0 aliphatic carbocycles. The number of rotatable bonds is 8. The van der Waals surface area contributed by atoms with Gasteiger partial charge in [0, 0.05) is 38.2 Å². The first-order chi connectivity index (χ1) is 15.5. The number of hydrogen-bond acceptors (Lipinski definition) is 3. The summed E-state index contributed by atoms with van der Waals surface area (Å²) in [5, 5.41) is 5.48. The molecule has 0 radical (unpaired) electrons. The third-order valence-corrected chi connectivity index (χ3v) is 5.16. The lowest BCUT2D eigenvalue weighted by Gasteiger charge is -2.25. The van der Waals surface area contributed by atoms with Crippen molar-refractivity contribution < 1.29 is 14.4 Å². The van der Waals surface area contributed by atoms with Crippen LogP contribution in [0.3, 0.4) is 0 Å². The first-order valence-corrected chi connectivity index (χ1v) is 10.4. The van der Waals surface area contributed by atoms with E-state index in [0.29, 0.717) is 24.1 Å². The molecule has 0 saturated carbocycles. The summed E-state index contributed by atoms with van der Waals surface area (Å²) in [6.45, 7) is 0.360. The molecule has 0 fully saturated rings. The fourth-order valence-corrected chi connectivity index (χ4v) is 3.40. The van der Waals surface area contributed by atoms with Crippen molar-refractivity contribution >= 4 is 17.7 Å². The van der Waals surface area contributed by atoms with Gasteiger partial charge in [-0.15, -0.1) is 0 Å². The number of hydrogen-bond donors (Lipinski definition) is 2. The van der Waals surface area contributed by atoms with E-state index in [1.165, 1.54) is 0 Å². The molecule has 0 aromatic heterocycles. The lowest BCUT2D eigenvalue weighted by molar-refractivity contribution is -0.132. The predicted molar refractivity (Wildman–Crippen MR) is 124 cm³/mol. The van der Waals surface area contributed by atoms with E-state index in [2.05, 4.69) is 10.6 Å². The fourth-order valence-electron chi connectivity index (χ4n) is 3.40. The first kappa shape index (κ1) is 22.7. The molecule has 164 valence electrons. The lowest BCUT2D eigenvalue weighted by Crippen LogP contribution is -2.48. The second kappa shape index (κ2) is 10.9. The van der Waals surface area contributed by atoms with Crippen LogP contribution in [0.25, 0.3) is 0 Å². The van der Waals surface area contributed by atoms with Crippen LogP contribution in [0.1, 0.15) is 31.8 Å². The molecule has 0 bridgehead atoms. The molecular formula is C26H27N3O3. The van der Waals surface area contributed by atoms with Crippen molar-refractivity contribution in [3.05, 3.63) is 107 Å². The van der Waals surface area contributed by atoms with Gasteiger partial charge >= 0.3 is 0 Å². The highest BCUT2D eigenvalue weighted by molar-refractivity contribution is 5.97. The molecule has 3 aromatic carbocycles. The van der Waals surface area contributed by atoms with Gasteiger partial charge < -0.3 is 15.5 Å². The highest BCUT2D eigenvalue weighted by Gasteiger charge is 2.25. The van der Waals surface area contributed by atoms with Gasteiger partial charge in [-0.1, -0.05) is 60.7 Å². The van der Waals surface area contributed by atoms with E-state index in [9.17, 15) is 14.4 Å². The van der Waals surface area contributed by atoms with Gasteiger partial charge in [0.15, 0.2) is 0 Å². The number of benzene rings is 3. The van der Waals surface area contributed by atoms with Crippen LogP contribution in [-0.2, 0) is 17.8 Å². The SMILES string of the molecule is CNC(=O)c1ccc(CN(C)C(=O)C(Cc2ccccc2)NC(=O)c2ccccc2)cc1. The van der Waals surface area contributed by atoms with Gasteiger partial charge in [-0.2, -0.15) is 0 Å². The molecule has 6 heteroatoms. The van der Waals surface area contributed by atoms with Gasteiger partial charge in [0.2, 0.25) is 5.91 Å². The smallest absolute Gasteiger partial charge is 0.251 e. The van der Waals surface area contributed by atoms with Crippen LogP contribution in [0.2, 0.25) is 0 Å². The van der Waals surface area contributed by atoms with Crippen LogP contribution in [-0.4, -0.2) is 42.8 Å². The maximum absolute atomic E-state index is 13.3. The molecule has 0 aliphatic heterocycles. The average Bonchev–Trinajstić information content (AvgIpc) is 2.84. The van der Waals surface area contributed by atoms with Crippen LogP contribution >= 0.6 is 0 Å². The number of likely N-dealkylation sites (N-methyl/N-ethyl adjacent to an activating group) is 1. The van der Waals surface area contributed by atoms with Crippen LogP contribution in [0.5, 0.6) is 0 Å². The molecule has 3 aromatic rings. The van der Waals surface area contributed by atoms with E-state index in [1.807, 2.05) is 48.5 Å². The van der Waals surface area contributed by atoms with Gasteiger partial charge in [-0.05, 0) is 35.4 Å². The second-order valence-corrected chi connectivity index (χ2v) is 7.55. The van der Waals surface area contributed by atoms with Crippen molar-refractivity contribution in [2.24, 2.45) is 0 Å². The number of amides is 3. The van der Waals surface area contributed by atoms with Crippen molar-refractivity contribution in [2.45, 2.75) is 19.0 Å². The molecule has 0 aliphatic rings. The summed E-state index contributed by atoms with van der Waals surface area (Å²) in [7, 11) is 3.29. The quantitative estimate of drug-likeness (QED) is 0.578. The van der Waals surface area contributed by atoms with E-state index < -0.39 is 6.04 Å². The van der Waals surface area contributed by atoms with E-state index in [1.54, 1.807) is 55.4 Å². The Kier molecular flexibility index (Phi) is 7.75. The summed E-state index contributed by atoms with van der Waals surface area (Å²) in [6, 6.07) is 24.9. The molecule has 0 spiro atoms. The standard InChI is InChI=1S/C26H27N3O3/c1-27-24(30)22-15-13-20(14-16-22)18-29(2)26(32)23(17-19-9-5-3-6-10-19)28-25(31)21-11-7-4-8-12-21/h3-16,23H,17-18H2,1-2H3,(H,27,30)(H,28,31). The Bertz CT molecular complexity index is 1050. The van der Waals surface area contributed by atoms with Crippen molar-refractivity contribution in [1.82, 2.24) is 15.5 Å². The Morgan fingerprint density at radius 2 is 1.31 bits per heavy atom. The molecule has 0 saturated heterocycles. The number of carbonyl (C=O) groups excluding carboxylic acids is 3. The van der Waals surface area contributed by atoms with Crippen molar-refractivity contribution in [2.75, 3.05) is 14.1 Å². The minimum absolute atomic E-state index is 0.160. The maximum atomic E-state index is 13.3. The Labute approximate surface area is 188 Å². The molecule has 3 rings (SSSR count). The number of nitrogens with one attached hydrogen (secondary N) is 2. The second-order valence-electron chi connectivity index (χ2n) is 7.55. The molecule has 32 heavy (non-hydrogen) atoms. The first-order valence-electron chi connectivity index (χ1n) is 10.4. The van der Waals surface area contributed by atoms with Gasteiger partial charge in [-0.3, -0.25) is 14.4 Å². The Morgan fingerprint density at radius 1 is 0.750 bits per heavy atom. The minimum atomic E-state index is -0.708. The van der Waals surface area contributed by atoms with Gasteiger partial charge in [0.1, 0.15) is 6.04 Å². The van der Waals surface area contributed by atoms with Crippen LogP contribution in [0, 0.1) is 0 Å². The number of nitrogens with zero attached hydrogens (tertiary/aromatic N) is 1. The normalized spacial score (nSPS) is 11.3. The topological polar surface area (TPSA) is 78.5 Å². The lowest BCUT2D eigenvalue weighted by atomic mass is 10.0. The molecule has 6 nitrogen and oxygen atoms in total. The third-order valence-electron chi connectivity index (χ3n) is 5.16. The highest BCUT2D eigenvalue weighted by Crippen LogP contribution is 2.11. The average molecular weight is 430 g/mol. The summed E-state index contributed by atoms with van der Waals surface area (Å²) >= 11 is 0. The van der Waals surface area contributed by atoms with Crippen LogP contribution < -0.4 is 10.6 Å². The molecule has 1 atom stereocenters. The summed E-state index contributed by atoms with van der Waals surface area (Å²) in [5.74, 6) is -0.635. The van der Waals surface area contributed by atoms with Gasteiger partial charge in [0.05, 0.1) is 0 Å². The van der Waals surface area contributed by atoms with E-state index in [-0.39, 0.29) is 17.7 Å². The largest absolute Gasteiger partial charge is 0.355 e. The van der Waals surface area contributed by atoms with Crippen LogP contribution in [0.4, 0.5) is 0 Å². The fraction of sp³-hybridized carbons (Fsp3) is 0.192. The molecule has 1 unspecified atom stereocenters. The van der Waals surface area contributed by atoms with Crippen molar-refractivity contribution in [3.8, 4) is 0 Å².